The lowest BCUT2D eigenvalue weighted by Gasteiger charge is -2.11. The van der Waals surface area contributed by atoms with Gasteiger partial charge in [-0.05, 0) is 31.4 Å². The van der Waals surface area contributed by atoms with Crippen molar-refractivity contribution in [3.05, 3.63) is 22.0 Å². The predicted octanol–water partition coefficient (Wildman–Crippen LogP) is 2.89. The van der Waals surface area contributed by atoms with Crippen molar-refractivity contribution in [3.63, 3.8) is 0 Å². The Bertz CT molecular complexity index is 321. The summed E-state index contributed by atoms with van der Waals surface area (Å²) in [4.78, 5) is 4.19. The van der Waals surface area contributed by atoms with Gasteiger partial charge in [-0.3, -0.25) is 0 Å². The van der Waals surface area contributed by atoms with Gasteiger partial charge in [0.05, 0.1) is 5.69 Å². The van der Waals surface area contributed by atoms with Gasteiger partial charge in [0.1, 0.15) is 0 Å². The Morgan fingerprint density at radius 1 is 1.38 bits per heavy atom. The van der Waals surface area contributed by atoms with Crippen LogP contribution in [-0.4, -0.2) is 4.98 Å². The Hall–Kier alpha value is -0.760. The standard InChI is InChI=1S/C10H15ClN2/c1-4-5-8-6(2)9(12)10(11)13-7(8)3/h4-5,12H2,1-3H3. The normalized spacial score (nSPS) is 10.5. The largest absolute Gasteiger partial charge is 0.396 e. The van der Waals surface area contributed by atoms with Crippen molar-refractivity contribution in [3.8, 4) is 0 Å². The number of aryl methyl sites for hydroxylation is 1. The molecule has 2 N–H and O–H groups in total. The molecule has 1 aromatic heterocycles. The minimum atomic E-state index is 0.426. The molecule has 0 unspecified atom stereocenters. The number of aromatic nitrogens is 1. The summed E-state index contributed by atoms with van der Waals surface area (Å²) in [6.07, 6.45) is 2.12. The molecule has 3 heteroatoms. The molecular weight excluding hydrogens is 184 g/mol. The molecular formula is C10H15ClN2. The lowest BCUT2D eigenvalue weighted by molar-refractivity contribution is 0.889. The highest BCUT2D eigenvalue weighted by atomic mass is 35.5. The van der Waals surface area contributed by atoms with Gasteiger partial charge in [0.15, 0.2) is 5.15 Å². The number of nitrogens with zero attached hydrogens (tertiary/aromatic N) is 1. The van der Waals surface area contributed by atoms with E-state index in [4.69, 9.17) is 17.3 Å². The van der Waals surface area contributed by atoms with E-state index in [0.29, 0.717) is 10.8 Å². The number of hydrogen-bond acceptors (Lipinski definition) is 2. The van der Waals surface area contributed by atoms with Crippen LogP contribution in [0.1, 0.15) is 30.2 Å². The number of anilines is 1. The first-order valence-electron chi connectivity index (χ1n) is 4.49. The molecule has 1 rings (SSSR count). The van der Waals surface area contributed by atoms with Gasteiger partial charge in [-0.15, -0.1) is 0 Å². The molecule has 0 bridgehead atoms. The molecule has 13 heavy (non-hydrogen) atoms. The van der Waals surface area contributed by atoms with E-state index >= 15 is 0 Å². The van der Waals surface area contributed by atoms with E-state index in [0.717, 1.165) is 24.1 Å². The Balaban J connectivity index is 3.26. The molecule has 0 saturated carbocycles. The summed E-state index contributed by atoms with van der Waals surface area (Å²) in [5, 5.41) is 0.426. The van der Waals surface area contributed by atoms with Crippen LogP contribution in [0.25, 0.3) is 0 Å². The van der Waals surface area contributed by atoms with Crippen molar-refractivity contribution in [1.29, 1.82) is 0 Å². The number of pyridine rings is 1. The van der Waals surface area contributed by atoms with E-state index in [1.54, 1.807) is 0 Å². The third kappa shape index (κ3) is 1.94. The number of halogens is 1. The van der Waals surface area contributed by atoms with Crippen molar-refractivity contribution in [2.24, 2.45) is 0 Å². The Morgan fingerprint density at radius 2 is 2.00 bits per heavy atom. The molecule has 0 fully saturated rings. The SMILES string of the molecule is CCCc1c(C)nc(Cl)c(N)c1C. The smallest absolute Gasteiger partial charge is 0.152 e. The van der Waals surface area contributed by atoms with Crippen LogP contribution >= 0.6 is 11.6 Å². The lowest BCUT2D eigenvalue weighted by Crippen LogP contribution is -2.02. The minimum absolute atomic E-state index is 0.426. The van der Waals surface area contributed by atoms with Gasteiger partial charge < -0.3 is 5.73 Å². The van der Waals surface area contributed by atoms with E-state index in [1.165, 1.54) is 5.56 Å². The van der Waals surface area contributed by atoms with Crippen molar-refractivity contribution >= 4 is 17.3 Å². The van der Waals surface area contributed by atoms with Crippen LogP contribution in [-0.2, 0) is 6.42 Å². The molecule has 0 aliphatic heterocycles. The molecule has 0 radical (unpaired) electrons. The third-order valence-corrected chi connectivity index (χ3v) is 2.57. The zero-order valence-electron chi connectivity index (χ0n) is 8.32. The van der Waals surface area contributed by atoms with Gasteiger partial charge in [-0.25, -0.2) is 4.98 Å². The number of hydrogen-bond donors (Lipinski definition) is 1. The molecule has 0 aliphatic rings. The zero-order valence-corrected chi connectivity index (χ0v) is 9.07. The fourth-order valence-corrected chi connectivity index (χ4v) is 1.75. The second-order valence-corrected chi connectivity index (χ2v) is 3.61. The first-order valence-corrected chi connectivity index (χ1v) is 4.86. The maximum atomic E-state index is 5.86. The summed E-state index contributed by atoms with van der Waals surface area (Å²) in [7, 11) is 0. The third-order valence-electron chi connectivity index (χ3n) is 2.28. The molecule has 0 aromatic carbocycles. The highest BCUT2D eigenvalue weighted by Crippen LogP contribution is 2.26. The van der Waals surface area contributed by atoms with Crippen LogP contribution in [0.3, 0.4) is 0 Å². The second-order valence-electron chi connectivity index (χ2n) is 3.26. The summed E-state index contributed by atoms with van der Waals surface area (Å²) in [6.45, 7) is 6.12. The Kier molecular flexibility index (Phi) is 3.15. The summed E-state index contributed by atoms with van der Waals surface area (Å²) >= 11 is 5.86. The quantitative estimate of drug-likeness (QED) is 0.743. The van der Waals surface area contributed by atoms with Crippen molar-refractivity contribution in [2.75, 3.05) is 5.73 Å². The first-order chi connectivity index (χ1) is 6.07. The molecule has 0 atom stereocenters. The maximum absolute atomic E-state index is 5.86. The first kappa shape index (κ1) is 10.3. The average Bonchev–Trinajstić information content (AvgIpc) is 2.09. The minimum Gasteiger partial charge on any atom is -0.396 e. The zero-order chi connectivity index (χ0) is 10.0. The Labute approximate surface area is 84.1 Å². The number of nitrogens with two attached hydrogens (primary N) is 1. The van der Waals surface area contributed by atoms with E-state index in [2.05, 4.69) is 11.9 Å². The Morgan fingerprint density at radius 3 is 2.54 bits per heavy atom. The van der Waals surface area contributed by atoms with Crippen molar-refractivity contribution in [1.82, 2.24) is 4.98 Å². The van der Waals surface area contributed by atoms with Crippen LogP contribution in [0.15, 0.2) is 0 Å². The molecule has 2 nitrogen and oxygen atoms in total. The van der Waals surface area contributed by atoms with Gasteiger partial charge in [0.2, 0.25) is 0 Å². The molecule has 1 aromatic rings. The van der Waals surface area contributed by atoms with Gasteiger partial charge >= 0.3 is 0 Å². The summed E-state index contributed by atoms with van der Waals surface area (Å²) in [5.41, 5.74) is 9.73. The van der Waals surface area contributed by atoms with Crippen LogP contribution in [0.4, 0.5) is 5.69 Å². The lowest BCUT2D eigenvalue weighted by atomic mass is 10.0. The topological polar surface area (TPSA) is 38.9 Å². The van der Waals surface area contributed by atoms with E-state index in [9.17, 15) is 0 Å². The average molecular weight is 199 g/mol. The fraction of sp³-hybridized carbons (Fsp3) is 0.500. The molecule has 0 aliphatic carbocycles. The van der Waals surface area contributed by atoms with Crippen LogP contribution in [0.5, 0.6) is 0 Å². The van der Waals surface area contributed by atoms with Crippen molar-refractivity contribution in [2.45, 2.75) is 33.6 Å². The predicted molar refractivity (Wildman–Crippen MR) is 57.1 cm³/mol. The number of nitrogen functional groups attached to an aromatic ring is 1. The molecule has 1 heterocycles. The van der Waals surface area contributed by atoms with Gasteiger partial charge in [0, 0.05) is 5.69 Å². The highest BCUT2D eigenvalue weighted by molar-refractivity contribution is 6.32. The molecule has 0 saturated heterocycles. The molecule has 72 valence electrons. The summed E-state index contributed by atoms with van der Waals surface area (Å²) in [5.74, 6) is 0. The van der Waals surface area contributed by atoms with Gasteiger partial charge in [-0.1, -0.05) is 24.9 Å². The van der Waals surface area contributed by atoms with Gasteiger partial charge in [-0.2, -0.15) is 0 Å². The second kappa shape index (κ2) is 3.97. The summed E-state index contributed by atoms with van der Waals surface area (Å²) in [6, 6.07) is 0. The molecule has 0 spiro atoms. The van der Waals surface area contributed by atoms with Crippen LogP contribution < -0.4 is 5.73 Å². The maximum Gasteiger partial charge on any atom is 0.152 e. The van der Waals surface area contributed by atoms with Crippen LogP contribution in [0.2, 0.25) is 5.15 Å². The van der Waals surface area contributed by atoms with E-state index in [1.807, 2.05) is 13.8 Å². The van der Waals surface area contributed by atoms with Gasteiger partial charge in [0.25, 0.3) is 0 Å². The molecule has 0 amide bonds. The van der Waals surface area contributed by atoms with Crippen molar-refractivity contribution < 1.29 is 0 Å². The highest BCUT2D eigenvalue weighted by Gasteiger charge is 2.09. The van der Waals surface area contributed by atoms with E-state index < -0.39 is 0 Å². The van der Waals surface area contributed by atoms with E-state index in [-0.39, 0.29) is 0 Å². The van der Waals surface area contributed by atoms with Crippen LogP contribution in [0, 0.1) is 13.8 Å². The monoisotopic (exact) mass is 198 g/mol. The number of rotatable bonds is 2. The fourth-order valence-electron chi connectivity index (χ4n) is 1.48. The summed E-state index contributed by atoms with van der Waals surface area (Å²) < 4.78 is 0.